The third-order valence-corrected chi connectivity index (χ3v) is 2.26. The zero-order chi connectivity index (χ0) is 10.6. The van der Waals surface area contributed by atoms with Crippen molar-refractivity contribution in [3.63, 3.8) is 0 Å². The standard InChI is InChI=1S/C7H12N4O2S/c1-14-3-2-4(8)7-10-6(5(9)12)11-13-7/h4H,2-3,8H2,1H3,(H2,9,12)/t4-/m0/s1. The molecule has 0 aliphatic carbocycles. The molecule has 0 bridgehead atoms. The minimum absolute atomic E-state index is 0.125. The molecule has 4 N–H and O–H groups in total. The van der Waals surface area contributed by atoms with Crippen molar-refractivity contribution in [3.8, 4) is 0 Å². The number of amides is 1. The smallest absolute Gasteiger partial charge is 0.290 e. The van der Waals surface area contributed by atoms with Crippen LogP contribution in [0.2, 0.25) is 0 Å². The van der Waals surface area contributed by atoms with Gasteiger partial charge in [-0.15, -0.1) is 0 Å². The molecule has 6 nitrogen and oxygen atoms in total. The van der Waals surface area contributed by atoms with Crippen molar-refractivity contribution in [2.24, 2.45) is 11.5 Å². The van der Waals surface area contributed by atoms with Crippen molar-refractivity contribution in [1.29, 1.82) is 0 Å². The number of primary amides is 1. The van der Waals surface area contributed by atoms with E-state index in [-0.39, 0.29) is 17.8 Å². The van der Waals surface area contributed by atoms with Crippen LogP contribution >= 0.6 is 11.8 Å². The predicted molar refractivity (Wildman–Crippen MR) is 52.7 cm³/mol. The topological polar surface area (TPSA) is 108 Å². The molecule has 0 radical (unpaired) electrons. The molecule has 1 aromatic heterocycles. The SMILES string of the molecule is CSCC[C@H](N)c1nc(C(N)=O)no1. The first-order valence-electron chi connectivity index (χ1n) is 4.03. The van der Waals surface area contributed by atoms with Gasteiger partial charge in [-0.1, -0.05) is 5.16 Å². The number of nitrogens with zero attached hydrogens (tertiary/aromatic N) is 2. The Morgan fingerprint density at radius 3 is 2.93 bits per heavy atom. The van der Waals surface area contributed by atoms with E-state index in [4.69, 9.17) is 16.0 Å². The van der Waals surface area contributed by atoms with Crippen LogP contribution in [0.5, 0.6) is 0 Å². The van der Waals surface area contributed by atoms with E-state index in [0.29, 0.717) is 0 Å². The van der Waals surface area contributed by atoms with Gasteiger partial charge in [0.15, 0.2) is 0 Å². The minimum atomic E-state index is -0.711. The summed E-state index contributed by atoms with van der Waals surface area (Å²) in [6.07, 6.45) is 2.71. The molecule has 0 fully saturated rings. The summed E-state index contributed by atoms with van der Waals surface area (Å²) < 4.78 is 4.79. The molecule has 0 aromatic carbocycles. The highest BCUT2D eigenvalue weighted by Crippen LogP contribution is 2.13. The van der Waals surface area contributed by atoms with Gasteiger partial charge in [0.05, 0.1) is 6.04 Å². The van der Waals surface area contributed by atoms with Crippen LogP contribution in [0.25, 0.3) is 0 Å². The van der Waals surface area contributed by atoms with Crippen molar-refractivity contribution in [2.75, 3.05) is 12.0 Å². The summed E-state index contributed by atoms with van der Waals surface area (Å²) in [6, 6.07) is -0.331. The lowest BCUT2D eigenvalue weighted by atomic mass is 10.2. The lowest BCUT2D eigenvalue weighted by Gasteiger charge is -2.03. The molecule has 0 aliphatic rings. The van der Waals surface area contributed by atoms with Gasteiger partial charge >= 0.3 is 0 Å². The van der Waals surface area contributed by atoms with Crippen LogP contribution in [0.1, 0.15) is 29.0 Å². The van der Waals surface area contributed by atoms with Crippen molar-refractivity contribution in [2.45, 2.75) is 12.5 Å². The Bertz CT molecular complexity index is 314. The van der Waals surface area contributed by atoms with Gasteiger partial charge in [-0.3, -0.25) is 4.79 Å². The number of nitrogens with two attached hydrogens (primary N) is 2. The normalized spacial score (nSPS) is 12.7. The fourth-order valence-corrected chi connectivity index (χ4v) is 1.34. The van der Waals surface area contributed by atoms with Crippen LogP contribution in [0.4, 0.5) is 0 Å². The number of carbonyl (C=O) groups is 1. The minimum Gasteiger partial charge on any atom is -0.363 e. The first kappa shape index (κ1) is 11.0. The summed E-state index contributed by atoms with van der Waals surface area (Å²) in [5.41, 5.74) is 10.7. The number of rotatable bonds is 5. The number of hydrogen-bond donors (Lipinski definition) is 2. The van der Waals surface area contributed by atoms with Crippen molar-refractivity contribution in [1.82, 2.24) is 10.1 Å². The van der Waals surface area contributed by atoms with Crippen LogP contribution in [0, 0.1) is 0 Å². The molecule has 14 heavy (non-hydrogen) atoms. The fourth-order valence-electron chi connectivity index (χ4n) is 0.854. The van der Waals surface area contributed by atoms with E-state index < -0.39 is 5.91 Å². The van der Waals surface area contributed by atoms with Gasteiger partial charge in [-0.05, 0) is 18.4 Å². The molecule has 0 saturated carbocycles. The third-order valence-electron chi connectivity index (χ3n) is 1.61. The summed E-state index contributed by atoms with van der Waals surface area (Å²) in [6.45, 7) is 0. The Morgan fingerprint density at radius 2 is 2.43 bits per heavy atom. The summed E-state index contributed by atoms with van der Waals surface area (Å²) >= 11 is 1.68. The average molecular weight is 216 g/mol. The number of carbonyl (C=O) groups excluding carboxylic acids is 1. The number of hydrogen-bond acceptors (Lipinski definition) is 6. The van der Waals surface area contributed by atoms with E-state index in [9.17, 15) is 4.79 Å². The van der Waals surface area contributed by atoms with E-state index in [1.54, 1.807) is 11.8 Å². The highest BCUT2D eigenvalue weighted by atomic mass is 32.2. The maximum atomic E-state index is 10.6. The molecular weight excluding hydrogens is 204 g/mol. The van der Waals surface area contributed by atoms with Gasteiger partial charge in [0.1, 0.15) is 0 Å². The highest BCUT2D eigenvalue weighted by molar-refractivity contribution is 7.98. The summed E-state index contributed by atoms with van der Waals surface area (Å²) in [7, 11) is 0. The molecule has 78 valence electrons. The lowest BCUT2D eigenvalue weighted by Crippen LogP contribution is -2.15. The third kappa shape index (κ3) is 2.71. The first-order valence-corrected chi connectivity index (χ1v) is 5.42. The summed E-state index contributed by atoms with van der Waals surface area (Å²) in [5.74, 6) is 0.319. The van der Waals surface area contributed by atoms with Crippen LogP contribution < -0.4 is 11.5 Å². The van der Waals surface area contributed by atoms with Gasteiger partial charge in [0, 0.05) is 0 Å². The van der Waals surface area contributed by atoms with Gasteiger partial charge in [0.2, 0.25) is 5.89 Å². The Labute approximate surface area is 85.4 Å². The molecule has 1 amide bonds. The molecule has 1 atom stereocenters. The Balaban J connectivity index is 2.61. The molecule has 0 saturated heterocycles. The summed E-state index contributed by atoms with van der Waals surface area (Å²) in [4.78, 5) is 14.4. The predicted octanol–water partition coefficient (Wildman–Crippen LogP) is -0.0786. The maximum absolute atomic E-state index is 10.6. The molecule has 1 heterocycles. The Kier molecular flexibility index (Phi) is 3.90. The van der Waals surface area contributed by atoms with Gasteiger partial charge < -0.3 is 16.0 Å². The molecule has 1 rings (SSSR count). The largest absolute Gasteiger partial charge is 0.363 e. The van der Waals surface area contributed by atoms with E-state index in [2.05, 4.69) is 10.1 Å². The second-order valence-corrected chi connectivity index (χ2v) is 3.69. The molecule has 0 aliphatic heterocycles. The second-order valence-electron chi connectivity index (χ2n) is 2.71. The number of aromatic nitrogens is 2. The second kappa shape index (κ2) is 4.97. The molecule has 1 aromatic rings. The monoisotopic (exact) mass is 216 g/mol. The van der Waals surface area contributed by atoms with E-state index >= 15 is 0 Å². The Hall–Kier alpha value is -1.08. The van der Waals surface area contributed by atoms with E-state index in [1.807, 2.05) is 6.26 Å². The van der Waals surface area contributed by atoms with Crippen LogP contribution in [-0.4, -0.2) is 28.1 Å². The highest BCUT2D eigenvalue weighted by Gasteiger charge is 2.16. The maximum Gasteiger partial charge on any atom is 0.290 e. The zero-order valence-electron chi connectivity index (χ0n) is 7.77. The van der Waals surface area contributed by atoms with Crippen molar-refractivity contribution in [3.05, 3.63) is 11.7 Å². The van der Waals surface area contributed by atoms with Crippen LogP contribution in [-0.2, 0) is 0 Å². The van der Waals surface area contributed by atoms with Crippen molar-refractivity contribution < 1.29 is 9.32 Å². The molecule has 0 unspecified atom stereocenters. The van der Waals surface area contributed by atoms with Gasteiger partial charge in [-0.25, -0.2) is 0 Å². The molecule has 0 spiro atoms. The van der Waals surface area contributed by atoms with Crippen LogP contribution in [0.3, 0.4) is 0 Å². The summed E-state index contributed by atoms with van der Waals surface area (Å²) in [5, 5.41) is 3.40. The van der Waals surface area contributed by atoms with Gasteiger partial charge in [-0.2, -0.15) is 16.7 Å². The first-order chi connectivity index (χ1) is 6.65. The lowest BCUT2D eigenvalue weighted by molar-refractivity contribution is 0.0987. The quantitative estimate of drug-likeness (QED) is 0.712. The van der Waals surface area contributed by atoms with Crippen LogP contribution in [0.15, 0.2) is 4.52 Å². The molecule has 7 heteroatoms. The van der Waals surface area contributed by atoms with E-state index in [1.165, 1.54) is 0 Å². The van der Waals surface area contributed by atoms with Gasteiger partial charge in [0.25, 0.3) is 11.7 Å². The van der Waals surface area contributed by atoms with Crippen molar-refractivity contribution >= 4 is 17.7 Å². The van der Waals surface area contributed by atoms with E-state index in [0.717, 1.165) is 12.2 Å². The fraction of sp³-hybridized carbons (Fsp3) is 0.571. The number of thioether (sulfide) groups is 1. The average Bonchev–Trinajstić information content (AvgIpc) is 2.62. The molecular formula is C7H12N4O2S. The Morgan fingerprint density at radius 1 is 1.71 bits per heavy atom. The zero-order valence-corrected chi connectivity index (χ0v) is 8.58.